The predicted octanol–water partition coefficient (Wildman–Crippen LogP) is 2.79. The van der Waals surface area contributed by atoms with Gasteiger partial charge in [-0.1, -0.05) is 23.2 Å². The number of aromatic nitrogens is 2. The third-order valence-electron chi connectivity index (χ3n) is 2.10. The predicted molar refractivity (Wildman–Crippen MR) is 57.4 cm³/mol. The number of benzene rings is 1. The molecule has 0 bridgehead atoms. The molecular weight excluding hydrogens is 241 g/mol. The standard InChI is InChI=1S/C8H5Cl2N3O2/c1-12-6-2-5(9)7(10)8(13(14)15)4(6)3-11-12/h2-3H,1H3. The van der Waals surface area contributed by atoms with E-state index in [0.29, 0.717) is 10.9 Å². The van der Waals surface area contributed by atoms with Crippen LogP contribution in [0.3, 0.4) is 0 Å². The zero-order valence-electron chi connectivity index (χ0n) is 7.57. The van der Waals surface area contributed by atoms with Crippen LogP contribution in [0.2, 0.25) is 10.0 Å². The smallest absolute Gasteiger partial charge is 0.268 e. The van der Waals surface area contributed by atoms with Crippen LogP contribution in [-0.4, -0.2) is 14.7 Å². The van der Waals surface area contributed by atoms with Crippen LogP contribution in [-0.2, 0) is 7.05 Å². The Morgan fingerprint density at radius 2 is 2.20 bits per heavy atom. The SMILES string of the molecule is Cn1ncc2c([N+](=O)[O-])c(Cl)c(Cl)cc21. The van der Waals surface area contributed by atoms with E-state index in [0.717, 1.165) is 0 Å². The minimum absolute atomic E-state index is 0.0535. The van der Waals surface area contributed by atoms with Crippen molar-refractivity contribution in [1.82, 2.24) is 9.78 Å². The molecule has 1 heterocycles. The van der Waals surface area contributed by atoms with Gasteiger partial charge in [-0.3, -0.25) is 14.8 Å². The van der Waals surface area contributed by atoms with Crippen molar-refractivity contribution in [2.75, 3.05) is 0 Å². The molecule has 7 heteroatoms. The number of nitro groups is 1. The molecule has 0 N–H and O–H groups in total. The first kappa shape index (κ1) is 10.2. The number of halogens is 2. The van der Waals surface area contributed by atoms with Crippen LogP contribution < -0.4 is 0 Å². The number of nitrogens with zero attached hydrogens (tertiary/aromatic N) is 3. The Bertz CT molecular complexity index is 565. The molecule has 2 rings (SSSR count). The lowest BCUT2D eigenvalue weighted by Gasteiger charge is -2.00. The van der Waals surface area contributed by atoms with Gasteiger partial charge in [-0.25, -0.2) is 0 Å². The van der Waals surface area contributed by atoms with Crippen molar-refractivity contribution < 1.29 is 4.92 Å². The molecule has 15 heavy (non-hydrogen) atoms. The summed E-state index contributed by atoms with van der Waals surface area (Å²) in [6.45, 7) is 0. The Hall–Kier alpha value is -1.33. The Morgan fingerprint density at radius 3 is 2.80 bits per heavy atom. The number of rotatable bonds is 1. The van der Waals surface area contributed by atoms with E-state index in [9.17, 15) is 10.1 Å². The van der Waals surface area contributed by atoms with Gasteiger partial charge in [-0.05, 0) is 6.07 Å². The second kappa shape index (κ2) is 3.36. The zero-order chi connectivity index (χ0) is 11.2. The molecule has 0 saturated carbocycles. The van der Waals surface area contributed by atoms with Crippen LogP contribution in [0.1, 0.15) is 0 Å². The Labute approximate surface area is 94.3 Å². The highest BCUT2D eigenvalue weighted by atomic mass is 35.5. The van der Waals surface area contributed by atoms with E-state index in [1.165, 1.54) is 10.9 Å². The van der Waals surface area contributed by atoms with E-state index in [1.807, 2.05) is 0 Å². The minimum Gasteiger partial charge on any atom is -0.268 e. The fourth-order valence-corrected chi connectivity index (χ4v) is 1.81. The molecule has 0 aliphatic rings. The molecule has 2 aromatic rings. The van der Waals surface area contributed by atoms with Gasteiger partial charge in [0.25, 0.3) is 5.69 Å². The highest BCUT2D eigenvalue weighted by Gasteiger charge is 2.22. The van der Waals surface area contributed by atoms with Gasteiger partial charge >= 0.3 is 0 Å². The van der Waals surface area contributed by atoms with Gasteiger partial charge < -0.3 is 0 Å². The fourth-order valence-electron chi connectivity index (χ4n) is 1.39. The van der Waals surface area contributed by atoms with Gasteiger partial charge in [0, 0.05) is 7.05 Å². The molecule has 78 valence electrons. The minimum atomic E-state index is -0.557. The fraction of sp³-hybridized carbons (Fsp3) is 0.125. The molecule has 0 saturated heterocycles. The Balaban J connectivity index is 2.97. The quantitative estimate of drug-likeness (QED) is 0.574. The number of hydrogen-bond acceptors (Lipinski definition) is 3. The lowest BCUT2D eigenvalue weighted by molar-refractivity contribution is -0.382. The third kappa shape index (κ3) is 1.44. The normalized spacial score (nSPS) is 10.9. The lowest BCUT2D eigenvalue weighted by atomic mass is 10.2. The van der Waals surface area contributed by atoms with Gasteiger partial charge in [-0.15, -0.1) is 0 Å². The highest BCUT2D eigenvalue weighted by molar-refractivity contribution is 6.44. The molecule has 0 fully saturated rings. The van der Waals surface area contributed by atoms with Gasteiger partial charge in [0.15, 0.2) is 0 Å². The molecule has 0 unspecified atom stereocenters. The van der Waals surface area contributed by atoms with Gasteiger partial charge in [-0.2, -0.15) is 5.10 Å². The van der Waals surface area contributed by atoms with Crippen molar-refractivity contribution in [3.05, 3.63) is 32.4 Å². The average molecular weight is 246 g/mol. The highest BCUT2D eigenvalue weighted by Crippen LogP contribution is 2.38. The summed E-state index contributed by atoms with van der Waals surface area (Å²) in [5.41, 5.74) is 0.378. The van der Waals surface area contributed by atoms with E-state index in [2.05, 4.69) is 5.10 Å². The maximum Gasteiger partial charge on any atom is 0.300 e. The monoisotopic (exact) mass is 245 g/mol. The van der Waals surface area contributed by atoms with E-state index < -0.39 is 4.92 Å². The topological polar surface area (TPSA) is 61.0 Å². The molecule has 0 radical (unpaired) electrons. The first-order chi connectivity index (χ1) is 7.02. The van der Waals surface area contributed by atoms with Crippen molar-refractivity contribution in [2.24, 2.45) is 7.05 Å². The Morgan fingerprint density at radius 1 is 1.53 bits per heavy atom. The van der Waals surface area contributed by atoms with Crippen LogP contribution in [0.4, 0.5) is 5.69 Å². The summed E-state index contributed by atoms with van der Waals surface area (Å²) < 4.78 is 1.50. The average Bonchev–Trinajstić information content (AvgIpc) is 2.49. The van der Waals surface area contributed by atoms with Crippen LogP contribution in [0.25, 0.3) is 10.9 Å². The van der Waals surface area contributed by atoms with Crippen molar-refractivity contribution >= 4 is 39.8 Å². The maximum atomic E-state index is 10.8. The number of hydrogen-bond donors (Lipinski definition) is 0. The second-order valence-corrected chi connectivity index (χ2v) is 3.76. The molecule has 1 aromatic carbocycles. The van der Waals surface area contributed by atoms with Crippen molar-refractivity contribution in [1.29, 1.82) is 0 Å². The van der Waals surface area contributed by atoms with Crippen molar-refractivity contribution in [2.45, 2.75) is 0 Å². The molecular formula is C8H5Cl2N3O2. The summed E-state index contributed by atoms with van der Waals surface area (Å²) in [7, 11) is 1.68. The van der Waals surface area contributed by atoms with E-state index in [-0.39, 0.29) is 15.7 Å². The maximum absolute atomic E-state index is 10.8. The summed E-state index contributed by atoms with van der Waals surface area (Å²) in [5.74, 6) is 0. The summed E-state index contributed by atoms with van der Waals surface area (Å²) in [6.07, 6.45) is 1.40. The lowest BCUT2D eigenvalue weighted by Crippen LogP contribution is -1.93. The first-order valence-corrected chi connectivity index (χ1v) is 4.72. The molecule has 0 spiro atoms. The van der Waals surface area contributed by atoms with E-state index in [4.69, 9.17) is 23.2 Å². The largest absolute Gasteiger partial charge is 0.300 e. The number of aryl methyl sites for hydroxylation is 1. The summed E-state index contributed by atoms with van der Waals surface area (Å²) in [4.78, 5) is 10.3. The molecule has 0 amide bonds. The van der Waals surface area contributed by atoms with Crippen molar-refractivity contribution in [3.8, 4) is 0 Å². The summed E-state index contributed by atoms with van der Waals surface area (Å²) in [6, 6.07) is 1.55. The molecule has 0 aliphatic carbocycles. The van der Waals surface area contributed by atoms with E-state index in [1.54, 1.807) is 13.1 Å². The summed E-state index contributed by atoms with van der Waals surface area (Å²) >= 11 is 11.6. The van der Waals surface area contributed by atoms with Gasteiger partial charge in [0.1, 0.15) is 5.02 Å². The number of nitro benzene ring substituents is 1. The molecule has 5 nitrogen and oxygen atoms in total. The second-order valence-electron chi connectivity index (χ2n) is 2.98. The first-order valence-electron chi connectivity index (χ1n) is 3.96. The zero-order valence-corrected chi connectivity index (χ0v) is 9.08. The van der Waals surface area contributed by atoms with Crippen molar-refractivity contribution in [3.63, 3.8) is 0 Å². The van der Waals surface area contributed by atoms with Crippen LogP contribution in [0, 0.1) is 10.1 Å². The van der Waals surface area contributed by atoms with Gasteiger partial charge in [0.2, 0.25) is 0 Å². The number of fused-ring (bicyclic) bond motifs is 1. The van der Waals surface area contributed by atoms with Crippen LogP contribution in [0.5, 0.6) is 0 Å². The van der Waals surface area contributed by atoms with Crippen LogP contribution in [0.15, 0.2) is 12.3 Å². The van der Waals surface area contributed by atoms with E-state index >= 15 is 0 Å². The molecule has 1 aromatic heterocycles. The Kier molecular flexibility index (Phi) is 2.28. The van der Waals surface area contributed by atoms with Crippen LogP contribution >= 0.6 is 23.2 Å². The van der Waals surface area contributed by atoms with Gasteiger partial charge in [0.05, 0.1) is 27.0 Å². The molecule has 0 atom stereocenters. The summed E-state index contributed by atoms with van der Waals surface area (Å²) in [5, 5.41) is 15.2. The third-order valence-corrected chi connectivity index (χ3v) is 2.88. The molecule has 0 aliphatic heterocycles.